The monoisotopic (exact) mass is 262 g/mol. The summed E-state index contributed by atoms with van der Waals surface area (Å²) in [4.78, 5) is 15.1. The fourth-order valence-electron chi connectivity index (χ4n) is 5.50. The van der Waals surface area contributed by atoms with Crippen molar-refractivity contribution >= 4 is 5.97 Å². The van der Waals surface area contributed by atoms with Crippen LogP contribution in [0.5, 0.6) is 0 Å². The average molecular weight is 262 g/mol. The molecule has 5 heteroatoms. The molecule has 4 aliphatic carbocycles. The summed E-state index contributed by atoms with van der Waals surface area (Å²) in [6.45, 7) is 2.37. The molecular weight excluding hydrogens is 244 g/mol. The Morgan fingerprint density at radius 3 is 2.53 bits per heavy atom. The van der Waals surface area contributed by atoms with Gasteiger partial charge in [0.25, 0.3) is 5.82 Å². The molecule has 5 nitrogen and oxygen atoms in total. The third kappa shape index (κ3) is 1.56. The second-order valence-corrected chi connectivity index (χ2v) is 7.28. The van der Waals surface area contributed by atoms with Crippen molar-refractivity contribution in [3.63, 3.8) is 0 Å². The van der Waals surface area contributed by atoms with Crippen molar-refractivity contribution in [3.05, 3.63) is 11.7 Å². The van der Waals surface area contributed by atoms with Crippen LogP contribution in [0.15, 0.2) is 4.52 Å². The van der Waals surface area contributed by atoms with Gasteiger partial charge in [-0.25, -0.2) is 4.79 Å². The molecule has 1 aromatic rings. The fourth-order valence-corrected chi connectivity index (χ4v) is 5.50. The number of aromatic nitrogens is 2. The van der Waals surface area contributed by atoms with Gasteiger partial charge in [-0.1, -0.05) is 6.92 Å². The third-order valence-electron chi connectivity index (χ3n) is 5.42. The van der Waals surface area contributed by atoms with Crippen molar-refractivity contribution in [3.8, 4) is 0 Å². The topological polar surface area (TPSA) is 76.2 Å². The predicted octanol–water partition coefficient (Wildman–Crippen LogP) is 2.63. The smallest absolute Gasteiger partial charge is 0.377 e. The number of nitrogens with zero attached hydrogens (tertiary/aromatic N) is 2. The van der Waals surface area contributed by atoms with Crippen molar-refractivity contribution in [2.45, 2.75) is 50.9 Å². The second kappa shape index (κ2) is 3.38. The Morgan fingerprint density at radius 2 is 2.00 bits per heavy atom. The molecule has 4 aliphatic rings. The fraction of sp³-hybridized carbons (Fsp3) is 0.786. The minimum absolute atomic E-state index is 0.0421. The van der Waals surface area contributed by atoms with E-state index < -0.39 is 5.97 Å². The van der Waals surface area contributed by atoms with Crippen LogP contribution in [0.25, 0.3) is 0 Å². The molecule has 0 spiro atoms. The van der Waals surface area contributed by atoms with Crippen molar-refractivity contribution < 1.29 is 14.4 Å². The van der Waals surface area contributed by atoms with Crippen LogP contribution in [0.3, 0.4) is 0 Å². The van der Waals surface area contributed by atoms with Crippen LogP contribution in [0.1, 0.15) is 62.0 Å². The molecule has 0 radical (unpaired) electrons. The van der Waals surface area contributed by atoms with Gasteiger partial charge in [-0.2, -0.15) is 4.98 Å². The van der Waals surface area contributed by atoms with E-state index in [0.29, 0.717) is 11.3 Å². The van der Waals surface area contributed by atoms with Gasteiger partial charge in [-0.15, -0.1) is 0 Å². The van der Waals surface area contributed by atoms with E-state index in [1.54, 1.807) is 0 Å². The van der Waals surface area contributed by atoms with E-state index in [4.69, 9.17) is 9.63 Å². The maximum Gasteiger partial charge on any atom is 0.377 e. The molecule has 5 rings (SSSR count). The molecule has 1 aromatic heterocycles. The average Bonchev–Trinajstić information content (AvgIpc) is 2.74. The third-order valence-corrected chi connectivity index (χ3v) is 5.42. The van der Waals surface area contributed by atoms with Crippen molar-refractivity contribution in [2.75, 3.05) is 0 Å². The summed E-state index contributed by atoms with van der Waals surface area (Å²) in [5.41, 5.74) is 0.349. The molecule has 4 fully saturated rings. The zero-order valence-corrected chi connectivity index (χ0v) is 11.1. The van der Waals surface area contributed by atoms with E-state index in [9.17, 15) is 4.79 Å². The maximum absolute atomic E-state index is 10.9. The van der Waals surface area contributed by atoms with Gasteiger partial charge in [0, 0.05) is 0 Å². The van der Waals surface area contributed by atoms with E-state index in [0.717, 1.165) is 31.1 Å². The first kappa shape index (κ1) is 11.4. The Bertz CT molecular complexity index is 537. The first-order chi connectivity index (χ1) is 8.98. The first-order valence-electron chi connectivity index (χ1n) is 7.06. The number of carboxylic acids is 1. The highest BCUT2D eigenvalue weighted by Gasteiger charge is 2.58. The van der Waals surface area contributed by atoms with Crippen molar-refractivity contribution in [1.29, 1.82) is 0 Å². The van der Waals surface area contributed by atoms with Crippen LogP contribution in [-0.2, 0) is 5.41 Å². The van der Waals surface area contributed by atoms with E-state index in [1.165, 1.54) is 19.3 Å². The van der Waals surface area contributed by atoms with E-state index >= 15 is 0 Å². The predicted molar refractivity (Wildman–Crippen MR) is 65.7 cm³/mol. The molecule has 0 amide bonds. The standard InChI is InChI=1S/C14H18N2O3/c1-13-3-8-2-9(4-13)6-14(5-8,7-13)12-15-10(11(17)18)16-19-12/h8-9H,2-7H2,1H3,(H,17,18). The number of carboxylic acid groups (broad SMARTS) is 1. The summed E-state index contributed by atoms with van der Waals surface area (Å²) in [5.74, 6) is 0.782. The van der Waals surface area contributed by atoms with Gasteiger partial charge in [0.05, 0.1) is 5.41 Å². The highest BCUT2D eigenvalue weighted by atomic mass is 16.5. The van der Waals surface area contributed by atoms with Gasteiger partial charge in [-0.05, 0) is 60.9 Å². The van der Waals surface area contributed by atoms with Crippen LogP contribution in [0, 0.1) is 17.3 Å². The SMILES string of the molecule is CC12CC3CC(C1)CC(c1nc(C(=O)O)no1)(C3)C2. The number of hydrogen-bond acceptors (Lipinski definition) is 4. The minimum Gasteiger partial charge on any atom is -0.475 e. The lowest BCUT2D eigenvalue weighted by atomic mass is 9.44. The van der Waals surface area contributed by atoms with Gasteiger partial charge in [0.2, 0.25) is 5.89 Å². The maximum atomic E-state index is 10.9. The molecule has 19 heavy (non-hydrogen) atoms. The molecule has 0 aromatic carbocycles. The summed E-state index contributed by atoms with van der Waals surface area (Å²) in [5, 5.41) is 12.6. The molecule has 2 atom stereocenters. The molecule has 0 saturated heterocycles. The van der Waals surface area contributed by atoms with E-state index in [1.807, 2.05) is 0 Å². The Morgan fingerprint density at radius 1 is 1.32 bits per heavy atom. The molecule has 102 valence electrons. The second-order valence-electron chi connectivity index (χ2n) is 7.28. The van der Waals surface area contributed by atoms with E-state index in [-0.39, 0.29) is 11.2 Å². The van der Waals surface area contributed by atoms with Crippen LogP contribution < -0.4 is 0 Å². The van der Waals surface area contributed by atoms with Gasteiger partial charge in [0.1, 0.15) is 0 Å². The lowest BCUT2D eigenvalue weighted by Crippen LogP contribution is -2.53. The largest absolute Gasteiger partial charge is 0.475 e. The zero-order valence-electron chi connectivity index (χ0n) is 11.1. The highest BCUT2D eigenvalue weighted by Crippen LogP contribution is 2.65. The van der Waals surface area contributed by atoms with Crippen molar-refractivity contribution in [2.24, 2.45) is 17.3 Å². The number of aromatic carboxylic acids is 1. The van der Waals surface area contributed by atoms with Gasteiger partial charge >= 0.3 is 5.97 Å². The number of carbonyl (C=O) groups is 1. The molecule has 1 heterocycles. The normalized spacial score (nSPS) is 43.6. The Kier molecular flexibility index (Phi) is 2.03. The first-order valence-corrected chi connectivity index (χ1v) is 7.06. The lowest BCUT2D eigenvalue weighted by Gasteiger charge is -2.59. The molecular formula is C14H18N2O3. The molecule has 4 saturated carbocycles. The number of hydrogen-bond donors (Lipinski definition) is 1. The lowest BCUT2D eigenvalue weighted by molar-refractivity contribution is -0.0724. The van der Waals surface area contributed by atoms with E-state index in [2.05, 4.69) is 17.1 Å². The Labute approximate surface area is 111 Å². The summed E-state index contributed by atoms with van der Waals surface area (Å²) >= 11 is 0. The summed E-state index contributed by atoms with van der Waals surface area (Å²) in [7, 11) is 0. The summed E-state index contributed by atoms with van der Waals surface area (Å²) in [6, 6.07) is 0. The minimum atomic E-state index is -1.11. The van der Waals surface area contributed by atoms with Gasteiger partial charge in [0.15, 0.2) is 0 Å². The Hall–Kier alpha value is -1.39. The van der Waals surface area contributed by atoms with Crippen molar-refractivity contribution in [1.82, 2.24) is 10.1 Å². The summed E-state index contributed by atoms with van der Waals surface area (Å²) < 4.78 is 5.31. The molecule has 1 N–H and O–H groups in total. The molecule has 4 bridgehead atoms. The summed E-state index contributed by atoms with van der Waals surface area (Å²) in [6.07, 6.45) is 7.22. The van der Waals surface area contributed by atoms with Crippen LogP contribution in [0.2, 0.25) is 0 Å². The van der Waals surface area contributed by atoms with Gasteiger partial charge in [-0.3, -0.25) is 0 Å². The molecule has 0 aliphatic heterocycles. The Balaban J connectivity index is 1.75. The highest BCUT2D eigenvalue weighted by molar-refractivity contribution is 5.82. The van der Waals surface area contributed by atoms with Crippen LogP contribution in [-0.4, -0.2) is 21.2 Å². The quantitative estimate of drug-likeness (QED) is 0.886. The molecule has 2 unspecified atom stereocenters. The number of rotatable bonds is 2. The zero-order chi connectivity index (χ0) is 13.3. The van der Waals surface area contributed by atoms with Gasteiger partial charge < -0.3 is 9.63 Å². The van der Waals surface area contributed by atoms with Crippen LogP contribution in [0.4, 0.5) is 0 Å². The van der Waals surface area contributed by atoms with Crippen LogP contribution >= 0.6 is 0 Å².